The number of benzene rings is 2. The molecule has 1 aliphatic heterocycles. The van der Waals surface area contributed by atoms with Gasteiger partial charge >= 0.3 is 0 Å². The lowest BCUT2D eigenvalue weighted by molar-refractivity contribution is 0.312. The van der Waals surface area contributed by atoms with E-state index < -0.39 is 38.4 Å². The summed E-state index contributed by atoms with van der Waals surface area (Å²) in [4.78, 5) is 3.71. The van der Waals surface area contributed by atoms with Crippen LogP contribution in [-0.4, -0.2) is 52.6 Å². The molecule has 4 rings (SSSR count). The van der Waals surface area contributed by atoms with E-state index in [0.717, 1.165) is 37.4 Å². The van der Waals surface area contributed by atoms with E-state index in [4.69, 9.17) is 0 Å². The fourth-order valence-corrected chi connectivity index (χ4v) is 5.98. The maximum Gasteiger partial charge on any atom is 0.243 e. The Hall–Kier alpha value is -2.10. The van der Waals surface area contributed by atoms with Gasteiger partial charge in [0.05, 0.1) is 0 Å². The van der Waals surface area contributed by atoms with Crippen molar-refractivity contribution in [2.45, 2.75) is 36.6 Å². The Morgan fingerprint density at radius 1 is 1.00 bits per heavy atom. The van der Waals surface area contributed by atoms with Crippen molar-refractivity contribution < 1.29 is 21.6 Å². The largest absolute Gasteiger partial charge is 0.369 e. The summed E-state index contributed by atoms with van der Waals surface area (Å²) in [7, 11) is -2.28. The molecule has 2 aromatic rings. The minimum atomic E-state index is -4.36. The van der Waals surface area contributed by atoms with Crippen LogP contribution in [0, 0.1) is 17.5 Å². The van der Waals surface area contributed by atoms with Gasteiger partial charge in [-0.25, -0.2) is 26.3 Å². The highest BCUT2D eigenvalue weighted by atomic mass is 32.2. The number of rotatable bonds is 4. The SMILES string of the molecule is CC1c2c(cccc2N2CCN(C)CC2)CC[C@H]1NS(=O)(=O)c1cc(F)c(F)cc1F. The summed E-state index contributed by atoms with van der Waals surface area (Å²) >= 11 is 0. The van der Waals surface area contributed by atoms with Gasteiger partial charge in [0.25, 0.3) is 0 Å². The fraction of sp³-hybridized carbons (Fsp3) is 0.455. The lowest BCUT2D eigenvalue weighted by Crippen LogP contribution is -2.46. The van der Waals surface area contributed by atoms with Crippen molar-refractivity contribution in [3.8, 4) is 0 Å². The average Bonchev–Trinajstić information content (AvgIpc) is 2.73. The van der Waals surface area contributed by atoms with Gasteiger partial charge in [-0.1, -0.05) is 19.1 Å². The molecular weight excluding hydrogens is 427 g/mol. The maximum absolute atomic E-state index is 14.1. The zero-order valence-electron chi connectivity index (χ0n) is 17.5. The fourth-order valence-electron chi connectivity index (χ4n) is 4.56. The van der Waals surface area contributed by atoms with Crippen molar-refractivity contribution in [1.82, 2.24) is 9.62 Å². The van der Waals surface area contributed by atoms with Crippen molar-refractivity contribution in [2.75, 3.05) is 38.1 Å². The Morgan fingerprint density at radius 3 is 2.39 bits per heavy atom. The number of piperazine rings is 1. The van der Waals surface area contributed by atoms with E-state index in [1.807, 2.05) is 13.0 Å². The van der Waals surface area contributed by atoms with Crippen molar-refractivity contribution in [3.05, 3.63) is 58.9 Å². The molecule has 1 fully saturated rings. The van der Waals surface area contributed by atoms with Crippen LogP contribution >= 0.6 is 0 Å². The summed E-state index contributed by atoms with van der Waals surface area (Å²) in [6, 6.07) is 6.32. The predicted octanol–water partition coefficient (Wildman–Crippen LogP) is 3.25. The third-order valence-corrected chi connectivity index (χ3v) is 7.88. The standard InChI is InChI=1S/C22H26F3N3O2S/c1-14-19(26-31(29,30)21-13-17(24)16(23)12-18(21)25)7-6-15-4-3-5-20(22(14)15)28-10-8-27(2)9-11-28/h3-5,12-14,19,26H,6-11H2,1-2H3/t14?,19-/m1/s1. The van der Waals surface area contributed by atoms with E-state index in [9.17, 15) is 21.6 Å². The monoisotopic (exact) mass is 453 g/mol. The van der Waals surface area contributed by atoms with Gasteiger partial charge in [-0.2, -0.15) is 0 Å². The minimum Gasteiger partial charge on any atom is -0.369 e. The molecule has 31 heavy (non-hydrogen) atoms. The number of hydrogen-bond acceptors (Lipinski definition) is 4. The molecule has 1 saturated heterocycles. The van der Waals surface area contributed by atoms with E-state index in [2.05, 4.69) is 33.7 Å². The number of nitrogens with one attached hydrogen (secondary N) is 1. The molecule has 0 bridgehead atoms. The summed E-state index contributed by atoms with van der Waals surface area (Å²) in [5, 5.41) is 0. The minimum absolute atomic E-state index is 0.164. The normalized spacial score (nSPS) is 22.4. The first-order valence-electron chi connectivity index (χ1n) is 10.4. The molecule has 1 aliphatic carbocycles. The number of halogens is 3. The highest BCUT2D eigenvalue weighted by Crippen LogP contribution is 2.39. The van der Waals surface area contributed by atoms with Gasteiger partial charge in [0.15, 0.2) is 11.6 Å². The first-order chi connectivity index (χ1) is 14.7. The van der Waals surface area contributed by atoms with E-state index in [1.165, 1.54) is 5.56 Å². The smallest absolute Gasteiger partial charge is 0.243 e. The lowest BCUT2D eigenvalue weighted by atomic mass is 9.79. The number of aryl methyl sites for hydroxylation is 1. The number of nitrogens with zero attached hydrogens (tertiary/aromatic N) is 2. The quantitative estimate of drug-likeness (QED) is 0.723. The molecule has 2 aliphatic rings. The molecule has 0 aromatic heterocycles. The lowest BCUT2D eigenvalue weighted by Gasteiger charge is -2.39. The zero-order chi connectivity index (χ0) is 22.3. The molecular formula is C22H26F3N3O2S. The summed E-state index contributed by atoms with van der Waals surface area (Å²) in [5.74, 6) is -4.30. The third kappa shape index (κ3) is 4.31. The molecule has 1 unspecified atom stereocenters. The molecule has 5 nitrogen and oxygen atoms in total. The Labute approximate surface area is 180 Å². The van der Waals surface area contributed by atoms with Crippen LogP contribution in [0.2, 0.25) is 0 Å². The van der Waals surface area contributed by atoms with Gasteiger partial charge in [0.2, 0.25) is 10.0 Å². The van der Waals surface area contributed by atoms with Crippen LogP contribution in [0.25, 0.3) is 0 Å². The molecule has 1 heterocycles. The van der Waals surface area contributed by atoms with E-state index in [0.29, 0.717) is 18.9 Å². The van der Waals surface area contributed by atoms with Crippen LogP contribution in [0.15, 0.2) is 35.2 Å². The van der Waals surface area contributed by atoms with Crippen LogP contribution in [-0.2, 0) is 16.4 Å². The second-order valence-corrected chi connectivity index (χ2v) is 10.1. The van der Waals surface area contributed by atoms with Gasteiger partial charge in [-0.15, -0.1) is 0 Å². The predicted molar refractivity (Wildman–Crippen MR) is 113 cm³/mol. The highest BCUT2D eigenvalue weighted by Gasteiger charge is 2.34. The summed E-state index contributed by atoms with van der Waals surface area (Å²) in [6.07, 6.45) is 1.21. The van der Waals surface area contributed by atoms with Gasteiger partial charge in [0, 0.05) is 44.0 Å². The van der Waals surface area contributed by atoms with Gasteiger partial charge < -0.3 is 9.80 Å². The Balaban J connectivity index is 1.62. The van der Waals surface area contributed by atoms with E-state index in [-0.39, 0.29) is 12.0 Å². The highest BCUT2D eigenvalue weighted by molar-refractivity contribution is 7.89. The Bertz CT molecular complexity index is 1090. The van der Waals surface area contributed by atoms with Gasteiger partial charge in [-0.05, 0) is 49.1 Å². The zero-order valence-corrected chi connectivity index (χ0v) is 18.4. The number of hydrogen-bond donors (Lipinski definition) is 1. The molecule has 0 radical (unpaired) electrons. The molecule has 168 valence electrons. The van der Waals surface area contributed by atoms with E-state index >= 15 is 0 Å². The van der Waals surface area contributed by atoms with Crippen LogP contribution in [0.5, 0.6) is 0 Å². The average molecular weight is 454 g/mol. The van der Waals surface area contributed by atoms with E-state index in [1.54, 1.807) is 0 Å². The molecule has 2 atom stereocenters. The molecule has 2 aromatic carbocycles. The van der Waals surface area contributed by atoms with Crippen LogP contribution in [0.1, 0.15) is 30.4 Å². The second kappa shape index (κ2) is 8.44. The number of sulfonamides is 1. The first kappa shape index (κ1) is 22.1. The Kier molecular flexibility index (Phi) is 6.02. The maximum atomic E-state index is 14.1. The molecule has 9 heteroatoms. The summed E-state index contributed by atoms with van der Waals surface area (Å²) in [5.41, 5.74) is 3.37. The molecule has 1 N–H and O–H groups in total. The molecule has 0 amide bonds. The first-order valence-corrected chi connectivity index (χ1v) is 11.9. The van der Waals surface area contributed by atoms with Crippen LogP contribution in [0.4, 0.5) is 18.9 Å². The number of fused-ring (bicyclic) bond motifs is 1. The van der Waals surface area contributed by atoms with Crippen molar-refractivity contribution in [1.29, 1.82) is 0 Å². The third-order valence-electron chi connectivity index (χ3n) is 6.37. The molecule has 0 saturated carbocycles. The van der Waals surface area contributed by atoms with Crippen molar-refractivity contribution in [2.24, 2.45) is 0 Å². The van der Waals surface area contributed by atoms with Gasteiger partial charge in [-0.3, -0.25) is 0 Å². The summed E-state index contributed by atoms with van der Waals surface area (Å²) in [6.45, 7) is 5.62. The number of anilines is 1. The Morgan fingerprint density at radius 2 is 1.68 bits per heavy atom. The van der Waals surface area contributed by atoms with Crippen LogP contribution in [0.3, 0.4) is 0 Å². The summed E-state index contributed by atoms with van der Waals surface area (Å²) < 4.78 is 69.1. The topological polar surface area (TPSA) is 52.6 Å². The number of likely N-dealkylation sites (N-methyl/N-ethyl adjacent to an activating group) is 1. The van der Waals surface area contributed by atoms with Crippen molar-refractivity contribution in [3.63, 3.8) is 0 Å². The van der Waals surface area contributed by atoms with Crippen molar-refractivity contribution >= 4 is 15.7 Å². The van der Waals surface area contributed by atoms with Crippen LogP contribution < -0.4 is 9.62 Å². The molecule has 0 spiro atoms. The van der Waals surface area contributed by atoms with Gasteiger partial charge in [0.1, 0.15) is 10.7 Å². The second-order valence-electron chi connectivity index (χ2n) is 8.39.